The number of carbonyl (C=O) groups is 1. The van der Waals surface area contributed by atoms with Crippen LogP contribution in [-0.4, -0.2) is 41.3 Å². The molecular formula is C5H12O5. The highest BCUT2D eigenvalue weighted by molar-refractivity contribution is 5.56. The molecular weight excluding hydrogens is 140 g/mol. The molecule has 0 unspecified atom stereocenters. The van der Waals surface area contributed by atoms with Gasteiger partial charge in [-0.3, -0.25) is 0 Å². The fourth-order valence-corrected chi connectivity index (χ4v) is 0.123. The van der Waals surface area contributed by atoms with E-state index in [2.05, 4.69) is 4.74 Å². The largest absolute Gasteiger partial charge is 0.505 e. The Morgan fingerprint density at radius 1 is 1.40 bits per heavy atom. The Kier molecular flexibility index (Phi) is 13.2. The van der Waals surface area contributed by atoms with Crippen molar-refractivity contribution in [1.82, 2.24) is 0 Å². The third-order valence-corrected chi connectivity index (χ3v) is 0.368. The second-order valence-corrected chi connectivity index (χ2v) is 1.15. The van der Waals surface area contributed by atoms with Gasteiger partial charge in [-0.15, -0.1) is 0 Å². The Labute approximate surface area is 58.9 Å². The molecule has 3 N–H and O–H groups in total. The van der Waals surface area contributed by atoms with Gasteiger partial charge in [0.15, 0.2) is 0 Å². The van der Waals surface area contributed by atoms with Gasteiger partial charge in [-0.25, -0.2) is 4.79 Å². The van der Waals surface area contributed by atoms with Crippen molar-refractivity contribution in [2.45, 2.75) is 6.92 Å². The van der Waals surface area contributed by atoms with Crippen LogP contribution in [0.15, 0.2) is 0 Å². The molecule has 5 nitrogen and oxygen atoms in total. The monoisotopic (exact) mass is 152 g/mol. The van der Waals surface area contributed by atoms with Gasteiger partial charge in [0.05, 0.1) is 19.8 Å². The average molecular weight is 152 g/mol. The van der Waals surface area contributed by atoms with Crippen molar-refractivity contribution >= 4 is 6.16 Å². The molecule has 0 amide bonds. The summed E-state index contributed by atoms with van der Waals surface area (Å²) < 4.78 is 3.96. The Morgan fingerprint density at radius 3 is 1.80 bits per heavy atom. The van der Waals surface area contributed by atoms with Crippen LogP contribution in [0, 0.1) is 0 Å². The van der Waals surface area contributed by atoms with Gasteiger partial charge in [0, 0.05) is 0 Å². The molecule has 0 radical (unpaired) electrons. The topological polar surface area (TPSA) is 87.0 Å². The number of aliphatic hydroxyl groups is 2. The number of hydrogen-bond donors (Lipinski definition) is 3. The average Bonchev–Trinajstić information content (AvgIpc) is 1.89. The van der Waals surface area contributed by atoms with E-state index < -0.39 is 6.16 Å². The lowest BCUT2D eigenvalue weighted by Gasteiger charge is -1.87. The van der Waals surface area contributed by atoms with E-state index in [0.29, 0.717) is 0 Å². The number of ether oxygens (including phenoxy) is 1. The molecule has 5 heteroatoms. The van der Waals surface area contributed by atoms with Crippen molar-refractivity contribution in [3.05, 3.63) is 0 Å². The first-order chi connectivity index (χ1) is 4.68. The molecule has 10 heavy (non-hydrogen) atoms. The third kappa shape index (κ3) is 27.1. The Hall–Kier alpha value is -0.810. The molecule has 0 heterocycles. The number of hydrogen-bond acceptors (Lipinski definition) is 4. The molecule has 0 saturated heterocycles. The third-order valence-electron chi connectivity index (χ3n) is 0.368. The van der Waals surface area contributed by atoms with Gasteiger partial charge in [0.2, 0.25) is 0 Å². The standard InChI is InChI=1S/C3H6O3.C2H6O2/c1-2-6-3(4)5;3-1-2-4/h2H2,1H3,(H,4,5);3-4H,1-2H2. The molecule has 0 rings (SSSR count). The molecule has 0 aromatic rings. The van der Waals surface area contributed by atoms with Gasteiger partial charge in [-0.1, -0.05) is 0 Å². The predicted octanol–water partition coefficient (Wildman–Crippen LogP) is -0.328. The van der Waals surface area contributed by atoms with Gasteiger partial charge in [-0.05, 0) is 6.92 Å². The maximum Gasteiger partial charge on any atom is 0.505 e. The maximum absolute atomic E-state index is 9.38. The van der Waals surface area contributed by atoms with E-state index in [0.717, 1.165) is 0 Å². The summed E-state index contributed by atoms with van der Waals surface area (Å²) in [6.07, 6.45) is -1.21. The van der Waals surface area contributed by atoms with E-state index >= 15 is 0 Å². The molecule has 0 aliphatic rings. The molecule has 62 valence electrons. The molecule has 0 spiro atoms. The smallest absolute Gasteiger partial charge is 0.450 e. The molecule has 0 aliphatic heterocycles. The molecule has 0 aliphatic carbocycles. The summed E-state index contributed by atoms with van der Waals surface area (Å²) in [6.45, 7) is 1.60. The summed E-state index contributed by atoms with van der Waals surface area (Å²) in [5, 5.41) is 22.9. The quantitative estimate of drug-likeness (QED) is 0.472. The zero-order chi connectivity index (χ0) is 8.41. The fourth-order valence-electron chi connectivity index (χ4n) is 0.123. The molecule has 0 atom stereocenters. The maximum atomic E-state index is 9.38. The van der Waals surface area contributed by atoms with Crippen molar-refractivity contribution in [1.29, 1.82) is 0 Å². The first-order valence-electron chi connectivity index (χ1n) is 2.76. The minimum atomic E-state index is -1.21. The van der Waals surface area contributed by atoms with E-state index in [1.54, 1.807) is 6.92 Å². The predicted molar refractivity (Wildman–Crippen MR) is 33.8 cm³/mol. The zero-order valence-corrected chi connectivity index (χ0v) is 5.78. The van der Waals surface area contributed by atoms with E-state index in [-0.39, 0.29) is 19.8 Å². The van der Waals surface area contributed by atoms with Gasteiger partial charge in [-0.2, -0.15) is 0 Å². The summed E-state index contributed by atoms with van der Waals surface area (Å²) in [5.41, 5.74) is 0. The Balaban J connectivity index is 0. The van der Waals surface area contributed by atoms with Crippen molar-refractivity contribution < 1.29 is 24.9 Å². The number of aliphatic hydroxyl groups excluding tert-OH is 2. The first-order valence-corrected chi connectivity index (χ1v) is 2.76. The van der Waals surface area contributed by atoms with Gasteiger partial charge >= 0.3 is 6.16 Å². The van der Waals surface area contributed by atoms with Gasteiger partial charge in [0.25, 0.3) is 0 Å². The van der Waals surface area contributed by atoms with Crippen molar-refractivity contribution in [2.75, 3.05) is 19.8 Å². The lowest BCUT2D eigenvalue weighted by molar-refractivity contribution is 0.0966. The van der Waals surface area contributed by atoms with E-state index in [9.17, 15) is 4.79 Å². The zero-order valence-electron chi connectivity index (χ0n) is 5.78. The lowest BCUT2D eigenvalue weighted by atomic mass is 10.8. The first kappa shape index (κ1) is 11.9. The van der Waals surface area contributed by atoms with E-state index in [1.165, 1.54) is 0 Å². The summed E-state index contributed by atoms with van der Waals surface area (Å²) in [4.78, 5) is 9.38. The van der Waals surface area contributed by atoms with Gasteiger partial charge < -0.3 is 20.1 Å². The van der Waals surface area contributed by atoms with Crippen LogP contribution in [0.25, 0.3) is 0 Å². The summed E-state index contributed by atoms with van der Waals surface area (Å²) in [7, 11) is 0. The summed E-state index contributed by atoms with van der Waals surface area (Å²) >= 11 is 0. The minimum absolute atomic E-state index is 0.125. The minimum Gasteiger partial charge on any atom is -0.450 e. The Bertz CT molecular complexity index is 70.4. The van der Waals surface area contributed by atoms with Crippen molar-refractivity contribution in [3.8, 4) is 0 Å². The summed E-state index contributed by atoms with van der Waals surface area (Å²) in [5.74, 6) is 0. The van der Waals surface area contributed by atoms with Crippen LogP contribution in [0.4, 0.5) is 4.79 Å². The van der Waals surface area contributed by atoms with Crippen LogP contribution in [0.1, 0.15) is 6.92 Å². The second-order valence-electron chi connectivity index (χ2n) is 1.15. The van der Waals surface area contributed by atoms with E-state index in [4.69, 9.17) is 15.3 Å². The second kappa shape index (κ2) is 11.0. The molecule has 0 aromatic carbocycles. The van der Waals surface area contributed by atoms with Crippen LogP contribution < -0.4 is 0 Å². The Morgan fingerprint density at radius 2 is 1.80 bits per heavy atom. The van der Waals surface area contributed by atoms with Crippen LogP contribution in [0.2, 0.25) is 0 Å². The van der Waals surface area contributed by atoms with Gasteiger partial charge in [0.1, 0.15) is 0 Å². The fraction of sp³-hybridized carbons (Fsp3) is 0.800. The van der Waals surface area contributed by atoms with Crippen molar-refractivity contribution in [2.24, 2.45) is 0 Å². The van der Waals surface area contributed by atoms with Crippen LogP contribution in [0.5, 0.6) is 0 Å². The highest BCUT2D eigenvalue weighted by atomic mass is 16.7. The van der Waals surface area contributed by atoms with E-state index in [1.807, 2.05) is 0 Å². The van der Waals surface area contributed by atoms with Crippen LogP contribution >= 0.6 is 0 Å². The summed E-state index contributed by atoms with van der Waals surface area (Å²) in [6, 6.07) is 0. The molecule has 0 bridgehead atoms. The number of carboxylic acid groups (broad SMARTS) is 1. The molecule has 0 aromatic heterocycles. The van der Waals surface area contributed by atoms with Crippen LogP contribution in [-0.2, 0) is 4.74 Å². The molecule has 0 fully saturated rings. The number of rotatable bonds is 2. The SMILES string of the molecule is CCOC(=O)O.OCCO. The normalized spacial score (nSPS) is 7.50. The van der Waals surface area contributed by atoms with Crippen LogP contribution in [0.3, 0.4) is 0 Å². The van der Waals surface area contributed by atoms with Crippen molar-refractivity contribution in [3.63, 3.8) is 0 Å². The lowest BCUT2D eigenvalue weighted by Crippen LogP contribution is -1.97. The highest BCUT2D eigenvalue weighted by Crippen LogP contribution is 1.69. The molecule has 0 saturated carbocycles. The highest BCUT2D eigenvalue weighted by Gasteiger charge is 1.86.